The van der Waals surface area contributed by atoms with Gasteiger partial charge < -0.3 is 5.11 Å². The molecule has 1 aromatic rings. The van der Waals surface area contributed by atoms with Crippen LogP contribution in [0.4, 0.5) is 10.5 Å². The van der Waals surface area contributed by atoms with E-state index in [1.54, 1.807) is 0 Å². The predicted molar refractivity (Wildman–Crippen MR) is 86.6 cm³/mol. The first-order valence-electron chi connectivity index (χ1n) is 7.26. The molecule has 1 saturated heterocycles. The third-order valence-electron chi connectivity index (χ3n) is 3.95. The molecule has 0 atom stereocenters. The molecule has 0 aromatic heterocycles. The van der Waals surface area contributed by atoms with E-state index in [1.807, 2.05) is 12.1 Å². The number of hydrogen-bond acceptors (Lipinski definition) is 2. The maximum Gasteiger partial charge on any atom is 0.409 e. The van der Waals surface area contributed by atoms with Crippen LogP contribution in [0.15, 0.2) is 18.2 Å². The summed E-state index contributed by atoms with van der Waals surface area (Å²) in [7, 11) is -0.659. The van der Waals surface area contributed by atoms with Gasteiger partial charge in [-0.3, -0.25) is 9.53 Å². The SMILES string of the molecule is CC(C)(C)c1cc(C2CCS(=O)CC2)ccc1NC(=O)O. The van der Waals surface area contributed by atoms with Crippen LogP contribution < -0.4 is 5.32 Å². The predicted octanol–water partition coefficient (Wildman–Crippen LogP) is 3.70. The van der Waals surface area contributed by atoms with Crippen molar-refractivity contribution in [2.75, 3.05) is 16.8 Å². The van der Waals surface area contributed by atoms with Crippen molar-refractivity contribution in [3.63, 3.8) is 0 Å². The van der Waals surface area contributed by atoms with E-state index in [1.165, 1.54) is 5.56 Å². The molecule has 1 heterocycles. The highest BCUT2D eigenvalue weighted by molar-refractivity contribution is 7.85. The second-order valence-electron chi connectivity index (χ2n) is 6.61. The fourth-order valence-corrected chi connectivity index (χ4v) is 4.09. The topological polar surface area (TPSA) is 66.4 Å². The minimum absolute atomic E-state index is 0.134. The molecule has 0 bridgehead atoms. The Labute approximate surface area is 128 Å². The second-order valence-corrected chi connectivity index (χ2v) is 8.30. The number of hydrogen-bond donors (Lipinski definition) is 2. The zero-order valence-electron chi connectivity index (χ0n) is 12.8. The van der Waals surface area contributed by atoms with Crippen molar-refractivity contribution in [1.82, 2.24) is 0 Å². The van der Waals surface area contributed by atoms with Crippen LogP contribution in [0.2, 0.25) is 0 Å². The fourth-order valence-electron chi connectivity index (χ4n) is 2.79. The Balaban J connectivity index is 2.33. The highest BCUT2D eigenvalue weighted by Gasteiger charge is 2.24. The monoisotopic (exact) mass is 309 g/mol. The number of nitrogens with one attached hydrogen (secondary N) is 1. The van der Waals surface area contributed by atoms with Crippen molar-refractivity contribution in [3.05, 3.63) is 29.3 Å². The fraction of sp³-hybridized carbons (Fsp3) is 0.562. The van der Waals surface area contributed by atoms with Gasteiger partial charge in [0.05, 0.1) is 0 Å². The zero-order valence-corrected chi connectivity index (χ0v) is 13.6. The number of rotatable bonds is 2. The highest BCUT2D eigenvalue weighted by atomic mass is 32.2. The Kier molecular flexibility index (Phi) is 4.71. The maximum atomic E-state index is 11.5. The molecule has 0 radical (unpaired) electrons. The van der Waals surface area contributed by atoms with E-state index in [0.29, 0.717) is 11.6 Å². The van der Waals surface area contributed by atoms with Gasteiger partial charge in [-0.05, 0) is 41.4 Å². The number of carboxylic acid groups (broad SMARTS) is 1. The summed E-state index contributed by atoms with van der Waals surface area (Å²) in [6.07, 6.45) is 0.852. The first-order chi connectivity index (χ1) is 9.77. The van der Waals surface area contributed by atoms with E-state index in [0.717, 1.165) is 29.9 Å². The molecule has 5 heteroatoms. The van der Waals surface area contributed by atoms with Crippen molar-refractivity contribution in [2.45, 2.75) is 44.9 Å². The van der Waals surface area contributed by atoms with Crippen molar-refractivity contribution in [1.29, 1.82) is 0 Å². The summed E-state index contributed by atoms with van der Waals surface area (Å²) in [4.78, 5) is 10.9. The van der Waals surface area contributed by atoms with Crippen LogP contribution in [0.3, 0.4) is 0 Å². The molecule has 1 aromatic carbocycles. The molecule has 1 fully saturated rings. The van der Waals surface area contributed by atoms with Crippen LogP contribution in [0.1, 0.15) is 50.7 Å². The van der Waals surface area contributed by atoms with Gasteiger partial charge in [-0.2, -0.15) is 0 Å². The van der Waals surface area contributed by atoms with E-state index in [-0.39, 0.29) is 5.41 Å². The molecule has 0 unspecified atom stereocenters. The number of carbonyl (C=O) groups is 1. The second kappa shape index (κ2) is 6.18. The van der Waals surface area contributed by atoms with Gasteiger partial charge in [0.2, 0.25) is 0 Å². The lowest BCUT2D eigenvalue weighted by molar-refractivity contribution is 0.209. The molecule has 116 valence electrons. The number of anilines is 1. The van der Waals surface area contributed by atoms with E-state index >= 15 is 0 Å². The Morgan fingerprint density at radius 2 is 1.90 bits per heavy atom. The van der Waals surface area contributed by atoms with Crippen molar-refractivity contribution in [3.8, 4) is 0 Å². The zero-order chi connectivity index (χ0) is 15.6. The standard InChI is InChI=1S/C16H23NO3S/c1-16(2,3)13-10-12(4-5-14(13)17-15(18)19)11-6-8-21(20)9-7-11/h4-5,10-11,17H,6-9H2,1-3H3,(H,18,19). The van der Waals surface area contributed by atoms with E-state index in [4.69, 9.17) is 5.11 Å². The largest absolute Gasteiger partial charge is 0.465 e. The minimum atomic E-state index is -1.04. The Morgan fingerprint density at radius 1 is 1.29 bits per heavy atom. The smallest absolute Gasteiger partial charge is 0.409 e. The summed E-state index contributed by atoms with van der Waals surface area (Å²) < 4.78 is 11.5. The molecule has 0 spiro atoms. The van der Waals surface area contributed by atoms with Crippen LogP contribution in [-0.4, -0.2) is 26.9 Å². The lowest BCUT2D eigenvalue weighted by Gasteiger charge is -2.27. The molecular formula is C16H23NO3S. The van der Waals surface area contributed by atoms with Crippen LogP contribution in [0.5, 0.6) is 0 Å². The average molecular weight is 309 g/mol. The molecular weight excluding hydrogens is 286 g/mol. The third-order valence-corrected chi connectivity index (χ3v) is 5.33. The Bertz CT molecular complexity index is 553. The summed E-state index contributed by atoms with van der Waals surface area (Å²) >= 11 is 0. The first kappa shape index (κ1) is 16.0. The third kappa shape index (κ3) is 4.06. The quantitative estimate of drug-likeness (QED) is 0.875. The average Bonchev–Trinajstić information content (AvgIpc) is 2.38. The summed E-state index contributed by atoms with van der Waals surface area (Å²) in [6.45, 7) is 6.24. The van der Waals surface area contributed by atoms with Gasteiger partial charge in [-0.1, -0.05) is 32.9 Å². The van der Waals surface area contributed by atoms with Gasteiger partial charge >= 0.3 is 6.09 Å². The Morgan fingerprint density at radius 3 is 2.43 bits per heavy atom. The summed E-state index contributed by atoms with van der Waals surface area (Å²) in [5.41, 5.74) is 2.76. The van der Waals surface area contributed by atoms with E-state index < -0.39 is 16.9 Å². The number of amides is 1. The van der Waals surface area contributed by atoms with Crippen molar-refractivity contribution in [2.24, 2.45) is 0 Å². The first-order valence-corrected chi connectivity index (χ1v) is 8.75. The van der Waals surface area contributed by atoms with Gasteiger partial charge in [0.1, 0.15) is 0 Å². The van der Waals surface area contributed by atoms with Gasteiger partial charge in [0.15, 0.2) is 0 Å². The maximum absolute atomic E-state index is 11.5. The Hall–Kier alpha value is -1.36. The van der Waals surface area contributed by atoms with Gasteiger partial charge in [0.25, 0.3) is 0 Å². The van der Waals surface area contributed by atoms with Crippen molar-refractivity contribution < 1.29 is 14.1 Å². The molecule has 21 heavy (non-hydrogen) atoms. The lowest BCUT2D eigenvalue weighted by Crippen LogP contribution is -2.20. The minimum Gasteiger partial charge on any atom is -0.465 e. The highest BCUT2D eigenvalue weighted by Crippen LogP contribution is 2.35. The molecule has 1 aliphatic heterocycles. The molecule has 2 rings (SSSR count). The molecule has 1 amide bonds. The normalized spacial score (nSPS) is 22.8. The molecule has 0 aliphatic carbocycles. The summed E-state index contributed by atoms with van der Waals surface area (Å²) in [5, 5.41) is 11.4. The van der Waals surface area contributed by atoms with Crippen molar-refractivity contribution >= 4 is 22.6 Å². The number of benzene rings is 1. The van der Waals surface area contributed by atoms with Crippen LogP contribution >= 0.6 is 0 Å². The van der Waals surface area contributed by atoms with E-state index in [9.17, 15) is 9.00 Å². The van der Waals surface area contributed by atoms with Crippen LogP contribution in [0, 0.1) is 0 Å². The molecule has 0 saturated carbocycles. The van der Waals surface area contributed by atoms with Gasteiger partial charge in [-0.25, -0.2) is 4.79 Å². The van der Waals surface area contributed by atoms with Gasteiger partial charge in [0, 0.05) is 28.0 Å². The molecule has 1 aliphatic rings. The summed E-state index contributed by atoms with van der Waals surface area (Å²) in [6, 6.07) is 5.97. The molecule has 2 N–H and O–H groups in total. The van der Waals surface area contributed by atoms with E-state index in [2.05, 4.69) is 32.2 Å². The van der Waals surface area contributed by atoms with Crippen LogP contribution in [-0.2, 0) is 16.2 Å². The lowest BCUT2D eigenvalue weighted by atomic mass is 9.82. The van der Waals surface area contributed by atoms with Crippen LogP contribution in [0.25, 0.3) is 0 Å². The summed E-state index contributed by atoms with van der Waals surface area (Å²) in [5.74, 6) is 1.97. The molecule has 4 nitrogen and oxygen atoms in total. The van der Waals surface area contributed by atoms with Gasteiger partial charge in [-0.15, -0.1) is 0 Å².